The Hall–Kier alpha value is -2.17. The van der Waals surface area contributed by atoms with E-state index >= 15 is 0 Å². The van der Waals surface area contributed by atoms with Crippen LogP contribution in [0.15, 0.2) is 40.7 Å². The number of sulfonamides is 1. The highest BCUT2D eigenvalue weighted by Gasteiger charge is 2.32. The molecule has 2 aromatic rings. The summed E-state index contributed by atoms with van der Waals surface area (Å²) < 4.78 is 33.4. The maximum atomic E-state index is 13.2. The quantitative estimate of drug-likeness (QED) is 0.692. The number of rotatable bonds is 7. The molecule has 8 nitrogen and oxygen atoms in total. The van der Waals surface area contributed by atoms with Crippen molar-refractivity contribution in [2.45, 2.75) is 31.2 Å². The molecule has 1 amide bonds. The van der Waals surface area contributed by atoms with Crippen LogP contribution in [0.4, 0.5) is 5.13 Å². The molecule has 1 aliphatic heterocycles. The number of carbonyl (C=O) groups is 1. The van der Waals surface area contributed by atoms with Crippen molar-refractivity contribution in [2.24, 2.45) is 5.92 Å². The van der Waals surface area contributed by atoms with Gasteiger partial charge in [-0.25, -0.2) is 13.4 Å². The lowest BCUT2D eigenvalue weighted by atomic mass is 10.0. The Bertz CT molecular complexity index is 930. The second kappa shape index (κ2) is 9.76. The molecule has 0 saturated carbocycles. The molecule has 0 spiro atoms. The van der Waals surface area contributed by atoms with Gasteiger partial charge in [0.15, 0.2) is 5.13 Å². The first-order valence-electron chi connectivity index (χ1n) is 9.91. The highest BCUT2D eigenvalue weighted by atomic mass is 32.2. The molecule has 0 aliphatic carbocycles. The zero-order valence-corrected chi connectivity index (χ0v) is 19.1. The molecule has 1 saturated heterocycles. The first-order chi connectivity index (χ1) is 14.3. The van der Waals surface area contributed by atoms with Crippen LogP contribution in [-0.4, -0.2) is 63.5 Å². The van der Waals surface area contributed by atoms with E-state index < -0.39 is 16.1 Å². The minimum atomic E-state index is -3.84. The molecule has 1 aliphatic rings. The zero-order chi connectivity index (χ0) is 21.7. The lowest BCUT2D eigenvalue weighted by molar-refractivity contribution is -0.133. The van der Waals surface area contributed by atoms with Gasteiger partial charge in [0.1, 0.15) is 11.8 Å². The van der Waals surface area contributed by atoms with E-state index in [0.717, 1.165) is 18.1 Å². The molecule has 10 heteroatoms. The summed E-state index contributed by atoms with van der Waals surface area (Å²) in [6.45, 7) is 6.31. The average molecular weight is 453 g/mol. The van der Waals surface area contributed by atoms with Crippen LogP contribution in [0.1, 0.15) is 20.3 Å². The summed E-state index contributed by atoms with van der Waals surface area (Å²) in [5.74, 6) is 0.187. The van der Waals surface area contributed by atoms with Gasteiger partial charge in [0.2, 0.25) is 15.9 Å². The van der Waals surface area contributed by atoms with Gasteiger partial charge in [0.25, 0.3) is 0 Å². The number of anilines is 1. The number of amides is 1. The Balaban J connectivity index is 1.71. The smallest absolute Gasteiger partial charge is 0.241 e. The fourth-order valence-corrected chi connectivity index (χ4v) is 5.39. The van der Waals surface area contributed by atoms with E-state index in [1.807, 2.05) is 19.2 Å². The molecule has 164 valence electrons. The number of thiazole rings is 1. The lowest BCUT2D eigenvalue weighted by Gasteiger charge is -2.29. The Morgan fingerprint density at radius 3 is 2.50 bits per heavy atom. The van der Waals surface area contributed by atoms with E-state index in [9.17, 15) is 13.2 Å². The lowest BCUT2D eigenvalue weighted by Crippen LogP contribution is -2.51. The number of methoxy groups -OCH3 is 1. The van der Waals surface area contributed by atoms with Gasteiger partial charge in [-0.1, -0.05) is 13.8 Å². The van der Waals surface area contributed by atoms with E-state index in [4.69, 9.17) is 4.74 Å². The van der Waals surface area contributed by atoms with Crippen molar-refractivity contribution >= 4 is 32.4 Å². The van der Waals surface area contributed by atoms with Crippen LogP contribution in [0.5, 0.6) is 5.75 Å². The van der Waals surface area contributed by atoms with Crippen molar-refractivity contribution in [3.8, 4) is 5.75 Å². The van der Waals surface area contributed by atoms with E-state index in [-0.39, 0.29) is 16.7 Å². The fourth-order valence-electron chi connectivity index (χ4n) is 3.36. The van der Waals surface area contributed by atoms with Crippen molar-refractivity contribution in [3.63, 3.8) is 0 Å². The molecule has 0 radical (unpaired) electrons. The number of nitrogens with one attached hydrogen (secondary N) is 1. The molecule has 30 heavy (non-hydrogen) atoms. The maximum absolute atomic E-state index is 13.2. The summed E-state index contributed by atoms with van der Waals surface area (Å²) in [7, 11) is -2.32. The summed E-state index contributed by atoms with van der Waals surface area (Å²) in [6.07, 6.45) is 2.58. The highest BCUT2D eigenvalue weighted by molar-refractivity contribution is 7.89. The Morgan fingerprint density at radius 1 is 1.17 bits per heavy atom. The Labute approximate surface area is 181 Å². The molecular weight excluding hydrogens is 424 g/mol. The number of ether oxygens (including phenoxy) is 1. The molecule has 3 rings (SSSR count). The van der Waals surface area contributed by atoms with Gasteiger partial charge in [-0.2, -0.15) is 4.72 Å². The number of nitrogens with zero attached hydrogens (tertiary/aromatic N) is 3. The van der Waals surface area contributed by atoms with Gasteiger partial charge >= 0.3 is 0 Å². The van der Waals surface area contributed by atoms with Gasteiger partial charge in [0.05, 0.1) is 12.0 Å². The Morgan fingerprint density at radius 2 is 1.90 bits per heavy atom. The average Bonchev–Trinajstić information content (AvgIpc) is 3.16. The third-order valence-electron chi connectivity index (χ3n) is 5.08. The summed E-state index contributed by atoms with van der Waals surface area (Å²) in [4.78, 5) is 21.6. The third-order valence-corrected chi connectivity index (χ3v) is 7.37. The topological polar surface area (TPSA) is 91.8 Å². The predicted octanol–water partition coefficient (Wildman–Crippen LogP) is 2.19. The van der Waals surface area contributed by atoms with E-state index in [1.54, 1.807) is 34.6 Å². The summed E-state index contributed by atoms with van der Waals surface area (Å²) in [5, 5.41) is 2.89. The van der Waals surface area contributed by atoms with Crippen LogP contribution in [0, 0.1) is 5.92 Å². The summed E-state index contributed by atoms with van der Waals surface area (Å²) in [5.41, 5.74) is 0. The third kappa shape index (κ3) is 5.30. The van der Waals surface area contributed by atoms with Crippen molar-refractivity contribution in [1.82, 2.24) is 14.6 Å². The largest absolute Gasteiger partial charge is 0.497 e. The van der Waals surface area contributed by atoms with Crippen LogP contribution in [0.3, 0.4) is 0 Å². The molecule has 1 aromatic carbocycles. The fraction of sp³-hybridized carbons (Fsp3) is 0.500. The van der Waals surface area contributed by atoms with Crippen molar-refractivity contribution < 1.29 is 17.9 Å². The first-order valence-corrected chi connectivity index (χ1v) is 12.3. The normalized spacial score (nSPS) is 16.4. The number of benzene rings is 1. The number of hydrogen-bond acceptors (Lipinski definition) is 7. The van der Waals surface area contributed by atoms with Crippen molar-refractivity contribution in [1.29, 1.82) is 0 Å². The molecule has 1 N–H and O–H groups in total. The zero-order valence-electron chi connectivity index (χ0n) is 17.4. The standard InChI is InChI=1S/C20H28N4O4S2/c1-15(2)18(22-30(26,27)17-7-5-16(28-3)6-8-17)19(25)23-10-4-11-24(13-12-23)20-21-9-14-29-20/h5-9,14-15,18,22H,4,10-13H2,1-3H3/t18-/m0/s1. The van der Waals surface area contributed by atoms with Crippen LogP contribution < -0.4 is 14.4 Å². The Kier molecular flexibility index (Phi) is 7.32. The molecule has 2 heterocycles. The first kappa shape index (κ1) is 22.5. The molecule has 1 atom stereocenters. The van der Waals surface area contributed by atoms with Gasteiger partial charge in [-0.05, 0) is 36.6 Å². The number of hydrogen-bond donors (Lipinski definition) is 1. The van der Waals surface area contributed by atoms with Crippen molar-refractivity contribution in [2.75, 3.05) is 38.2 Å². The van der Waals surface area contributed by atoms with E-state index in [2.05, 4.69) is 14.6 Å². The minimum Gasteiger partial charge on any atom is -0.497 e. The van der Waals surface area contributed by atoms with Gasteiger partial charge < -0.3 is 14.5 Å². The molecule has 0 unspecified atom stereocenters. The molecule has 0 bridgehead atoms. The van der Waals surface area contributed by atoms with Gasteiger partial charge in [-0.3, -0.25) is 4.79 Å². The second-order valence-electron chi connectivity index (χ2n) is 7.50. The van der Waals surface area contributed by atoms with Crippen molar-refractivity contribution in [3.05, 3.63) is 35.8 Å². The van der Waals surface area contributed by atoms with Crippen LogP contribution in [0.2, 0.25) is 0 Å². The molecule has 1 aromatic heterocycles. The highest BCUT2D eigenvalue weighted by Crippen LogP contribution is 2.21. The maximum Gasteiger partial charge on any atom is 0.241 e. The summed E-state index contributed by atoms with van der Waals surface area (Å²) in [6, 6.07) is 5.29. The number of aromatic nitrogens is 1. The number of carbonyl (C=O) groups excluding carboxylic acids is 1. The van der Waals surface area contributed by atoms with Crippen LogP contribution in [0.25, 0.3) is 0 Å². The van der Waals surface area contributed by atoms with Crippen LogP contribution >= 0.6 is 11.3 Å². The SMILES string of the molecule is COc1ccc(S(=O)(=O)N[C@H](C(=O)N2CCCN(c3nccs3)CC2)C(C)C)cc1. The van der Waals surface area contributed by atoms with Crippen LogP contribution in [-0.2, 0) is 14.8 Å². The summed E-state index contributed by atoms with van der Waals surface area (Å²) >= 11 is 1.58. The molecule has 1 fully saturated rings. The molecular formula is C20H28N4O4S2. The van der Waals surface area contributed by atoms with Gasteiger partial charge in [0, 0.05) is 37.8 Å². The van der Waals surface area contributed by atoms with E-state index in [0.29, 0.717) is 25.4 Å². The van der Waals surface area contributed by atoms with Gasteiger partial charge in [-0.15, -0.1) is 11.3 Å². The monoisotopic (exact) mass is 452 g/mol. The minimum absolute atomic E-state index is 0.104. The van der Waals surface area contributed by atoms with E-state index in [1.165, 1.54) is 19.2 Å². The predicted molar refractivity (Wildman–Crippen MR) is 117 cm³/mol. The second-order valence-corrected chi connectivity index (χ2v) is 10.1.